The zero-order valence-corrected chi connectivity index (χ0v) is 15.3. The molecule has 0 unspecified atom stereocenters. The van der Waals surface area contributed by atoms with E-state index in [1.54, 1.807) is 5.19 Å². The monoisotopic (exact) mass is 308 g/mol. The van der Waals surface area contributed by atoms with Gasteiger partial charge in [-0.3, -0.25) is 0 Å². The Hall–Kier alpha value is -1.60. The Kier molecular flexibility index (Phi) is 5.41. The molecular weight excluding hydrogens is 280 g/mol. The Morgan fingerprint density at radius 1 is 0.909 bits per heavy atom. The summed E-state index contributed by atoms with van der Waals surface area (Å²) in [6.07, 6.45) is 5.90. The van der Waals surface area contributed by atoms with Gasteiger partial charge in [-0.2, -0.15) is 0 Å². The lowest BCUT2D eigenvalue weighted by Crippen LogP contribution is -2.44. The Balaban J connectivity index is 2.18. The van der Waals surface area contributed by atoms with Gasteiger partial charge in [0.2, 0.25) is 0 Å². The van der Waals surface area contributed by atoms with Gasteiger partial charge in [-0.05, 0) is 23.4 Å². The summed E-state index contributed by atoms with van der Waals surface area (Å²) >= 11 is 0. The van der Waals surface area contributed by atoms with Crippen LogP contribution >= 0.6 is 0 Å². The normalized spacial score (nSPS) is 14.9. The zero-order chi connectivity index (χ0) is 16.1. The van der Waals surface area contributed by atoms with E-state index in [1.807, 2.05) is 0 Å². The van der Waals surface area contributed by atoms with Crippen molar-refractivity contribution in [1.82, 2.24) is 0 Å². The van der Waals surface area contributed by atoms with Crippen molar-refractivity contribution in [2.45, 2.75) is 39.4 Å². The molecule has 2 rings (SSSR count). The molecular formula is C21H28Si. The molecule has 0 aliphatic rings. The van der Waals surface area contributed by atoms with E-state index in [0.717, 1.165) is 0 Å². The molecule has 2 aromatic carbocycles. The van der Waals surface area contributed by atoms with Gasteiger partial charge in [0.15, 0.2) is 0 Å². The molecule has 1 heteroatoms. The fourth-order valence-corrected chi connectivity index (χ4v) is 6.85. The second-order valence-corrected chi connectivity index (χ2v) is 11.9. The molecule has 0 fully saturated rings. The predicted molar refractivity (Wildman–Crippen MR) is 102 cm³/mol. The average molecular weight is 309 g/mol. The first-order chi connectivity index (χ1) is 10.5. The number of hydrogen-bond acceptors (Lipinski definition) is 0. The highest BCUT2D eigenvalue weighted by molar-refractivity contribution is 6.89. The van der Waals surface area contributed by atoms with Gasteiger partial charge in [0.1, 0.15) is 0 Å². The van der Waals surface area contributed by atoms with Crippen molar-refractivity contribution in [3.05, 3.63) is 72.3 Å². The summed E-state index contributed by atoms with van der Waals surface area (Å²) in [6, 6.07) is 23.0. The maximum Gasteiger partial charge on any atom is 0.0814 e. The second kappa shape index (κ2) is 7.10. The summed E-state index contributed by atoms with van der Waals surface area (Å²) in [5.74, 6) is 0. The van der Waals surface area contributed by atoms with E-state index >= 15 is 0 Å². The van der Waals surface area contributed by atoms with Crippen molar-refractivity contribution >= 4 is 19.3 Å². The molecule has 2 aromatic rings. The van der Waals surface area contributed by atoms with Crippen LogP contribution in [0.15, 0.2) is 66.7 Å². The third kappa shape index (κ3) is 4.44. The maximum absolute atomic E-state index is 2.49. The van der Waals surface area contributed by atoms with Crippen LogP contribution in [0.5, 0.6) is 0 Å². The van der Waals surface area contributed by atoms with Crippen LogP contribution in [-0.2, 0) is 0 Å². The van der Waals surface area contributed by atoms with Crippen molar-refractivity contribution in [2.24, 2.45) is 5.41 Å². The second-order valence-electron chi connectivity index (χ2n) is 7.18. The summed E-state index contributed by atoms with van der Waals surface area (Å²) in [6.45, 7) is 9.70. The van der Waals surface area contributed by atoms with Crippen LogP contribution in [0.1, 0.15) is 25.8 Å². The highest BCUT2D eigenvalue weighted by Crippen LogP contribution is 2.34. The molecule has 1 atom stereocenters. The van der Waals surface area contributed by atoms with Crippen molar-refractivity contribution in [3.63, 3.8) is 0 Å². The van der Waals surface area contributed by atoms with Gasteiger partial charge in [-0.25, -0.2) is 0 Å². The maximum atomic E-state index is 2.49. The van der Waals surface area contributed by atoms with E-state index < -0.39 is 8.07 Å². The van der Waals surface area contributed by atoms with Crippen LogP contribution in [0.2, 0.25) is 19.1 Å². The smallest absolute Gasteiger partial charge is 0.0783 e. The minimum Gasteiger partial charge on any atom is -0.0783 e. The standard InChI is InChI=1S/C21H28Si/c1-5-21(2,17-16-19-12-8-6-9-13-19)18-22(3,4)20-14-10-7-11-15-20/h6-17H,5,18H2,1-4H3/b17-16+/t21-/m1/s1. The first-order valence-corrected chi connectivity index (χ1v) is 11.5. The van der Waals surface area contributed by atoms with Crippen LogP contribution in [0.25, 0.3) is 6.08 Å². The van der Waals surface area contributed by atoms with Crippen molar-refractivity contribution in [3.8, 4) is 0 Å². The molecule has 0 saturated carbocycles. The molecule has 0 aliphatic heterocycles. The first kappa shape index (κ1) is 16.8. The van der Waals surface area contributed by atoms with Gasteiger partial charge in [0.05, 0.1) is 8.07 Å². The average Bonchev–Trinajstić information content (AvgIpc) is 2.54. The first-order valence-electron chi connectivity index (χ1n) is 8.25. The highest BCUT2D eigenvalue weighted by atomic mass is 28.3. The zero-order valence-electron chi connectivity index (χ0n) is 14.3. The van der Waals surface area contributed by atoms with Gasteiger partial charge in [-0.1, -0.05) is 105 Å². The summed E-state index contributed by atoms with van der Waals surface area (Å²) in [7, 11) is -1.43. The predicted octanol–water partition coefficient (Wildman–Crippen LogP) is 5.73. The SMILES string of the molecule is CC[C@](C)(/C=C/c1ccccc1)C[Si](C)(C)c1ccccc1. The summed E-state index contributed by atoms with van der Waals surface area (Å²) in [5.41, 5.74) is 1.56. The Morgan fingerprint density at radius 2 is 1.45 bits per heavy atom. The lowest BCUT2D eigenvalue weighted by atomic mass is 9.89. The third-order valence-electron chi connectivity index (χ3n) is 4.69. The highest BCUT2D eigenvalue weighted by Gasteiger charge is 2.32. The molecule has 0 N–H and O–H groups in total. The molecule has 0 spiro atoms. The summed E-state index contributed by atoms with van der Waals surface area (Å²) in [5, 5.41) is 1.56. The number of benzene rings is 2. The van der Waals surface area contributed by atoms with Crippen LogP contribution < -0.4 is 5.19 Å². The largest absolute Gasteiger partial charge is 0.0814 e. The van der Waals surface area contributed by atoms with E-state index in [-0.39, 0.29) is 5.41 Å². The molecule has 0 radical (unpaired) electrons. The lowest BCUT2D eigenvalue weighted by Gasteiger charge is -2.34. The fourth-order valence-electron chi connectivity index (χ4n) is 3.16. The third-order valence-corrected chi connectivity index (χ3v) is 8.27. The Bertz CT molecular complexity index is 598. The molecule has 0 heterocycles. The van der Waals surface area contributed by atoms with E-state index in [4.69, 9.17) is 0 Å². The van der Waals surface area contributed by atoms with Crippen molar-refractivity contribution in [1.29, 1.82) is 0 Å². The topological polar surface area (TPSA) is 0 Å². The van der Waals surface area contributed by atoms with Crippen molar-refractivity contribution in [2.75, 3.05) is 0 Å². The molecule has 0 bridgehead atoms. The fraction of sp³-hybridized carbons (Fsp3) is 0.333. The van der Waals surface area contributed by atoms with Gasteiger partial charge in [0.25, 0.3) is 0 Å². The van der Waals surface area contributed by atoms with E-state index in [1.165, 1.54) is 18.0 Å². The molecule has 22 heavy (non-hydrogen) atoms. The summed E-state index contributed by atoms with van der Waals surface area (Å²) in [4.78, 5) is 0. The van der Waals surface area contributed by atoms with Crippen LogP contribution in [0.3, 0.4) is 0 Å². The molecule has 0 nitrogen and oxygen atoms in total. The number of rotatable bonds is 6. The minimum atomic E-state index is -1.43. The van der Waals surface area contributed by atoms with Crippen LogP contribution in [-0.4, -0.2) is 8.07 Å². The van der Waals surface area contributed by atoms with Gasteiger partial charge >= 0.3 is 0 Å². The number of allylic oxidation sites excluding steroid dienone is 1. The molecule has 116 valence electrons. The Labute approximate surface area is 136 Å². The van der Waals surface area contributed by atoms with E-state index in [2.05, 4.69) is 99.8 Å². The molecule has 0 aromatic heterocycles. The van der Waals surface area contributed by atoms with Crippen LogP contribution in [0, 0.1) is 5.41 Å². The Morgan fingerprint density at radius 3 is 2.00 bits per heavy atom. The van der Waals surface area contributed by atoms with Crippen LogP contribution in [0.4, 0.5) is 0 Å². The molecule has 0 amide bonds. The van der Waals surface area contributed by atoms with Crippen molar-refractivity contribution < 1.29 is 0 Å². The molecule has 0 aliphatic carbocycles. The quantitative estimate of drug-likeness (QED) is 0.598. The summed E-state index contributed by atoms with van der Waals surface area (Å²) < 4.78 is 0. The lowest BCUT2D eigenvalue weighted by molar-refractivity contribution is 0.458. The minimum absolute atomic E-state index is 0.265. The van der Waals surface area contributed by atoms with Gasteiger partial charge < -0.3 is 0 Å². The van der Waals surface area contributed by atoms with Gasteiger partial charge in [-0.15, -0.1) is 0 Å². The van der Waals surface area contributed by atoms with Gasteiger partial charge in [0, 0.05) is 0 Å². The van der Waals surface area contributed by atoms with E-state index in [0.29, 0.717) is 0 Å². The number of hydrogen-bond donors (Lipinski definition) is 0. The molecule has 0 saturated heterocycles. The van der Waals surface area contributed by atoms with E-state index in [9.17, 15) is 0 Å².